The summed E-state index contributed by atoms with van der Waals surface area (Å²) in [4.78, 5) is 7.29. The van der Waals surface area contributed by atoms with Crippen LogP contribution in [0.15, 0.2) is 18.2 Å². The first-order valence-electron chi connectivity index (χ1n) is 7.94. The van der Waals surface area contributed by atoms with Crippen LogP contribution >= 0.6 is 0 Å². The van der Waals surface area contributed by atoms with Gasteiger partial charge in [-0.15, -0.1) is 0 Å². The Morgan fingerprint density at radius 2 is 2.00 bits per heavy atom. The number of benzene rings is 1. The van der Waals surface area contributed by atoms with Gasteiger partial charge in [0.15, 0.2) is 0 Å². The third kappa shape index (κ3) is 3.27. The molecule has 1 aromatic heterocycles. The van der Waals surface area contributed by atoms with E-state index in [0.29, 0.717) is 0 Å². The maximum atomic E-state index is 9.17. The second-order valence-corrected chi connectivity index (χ2v) is 5.59. The highest BCUT2D eigenvalue weighted by Gasteiger charge is 2.20. The quantitative estimate of drug-likeness (QED) is 0.851. The molecule has 0 fully saturated rings. The van der Waals surface area contributed by atoms with E-state index in [2.05, 4.69) is 55.4 Å². The lowest BCUT2D eigenvalue weighted by Crippen LogP contribution is -2.28. The highest BCUT2D eigenvalue weighted by molar-refractivity contribution is 5.77. The molecular weight excluding hydrogens is 262 g/mol. The summed E-state index contributed by atoms with van der Waals surface area (Å²) in [5.41, 5.74) is 3.46. The van der Waals surface area contributed by atoms with E-state index in [0.717, 1.165) is 37.4 Å². The number of aromatic nitrogens is 2. The fourth-order valence-corrected chi connectivity index (χ4v) is 2.98. The van der Waals surface area contributed by atoms with Gasteiger partial charge in [-0.2, -0.15) is 0 Å². The van der Waals surface area contributed by atoms with E-state index >= 15 is 0 Å². The first-order chi connectivity index (χ1) is 10.1. The zero-order valence-corrected chi connectivity index (χ0v) is 13.6. The Balaban J connectivity index is 2.49. The Labute approximate surface area is 127 Å². The molecule has 116 valence electrons. The van der Waals surface area contributed by atoms with Crippen LogP contribution in [0.2, 0.25) is 0 Å². The summed E-state index contributed by atoms with van der Waals surface area (Å²) in [7, 11) is 0. The minimum atomic E-state index is 0.213. The molecule has 4 heteroatoms. The molecule has 0 bridgehead atoms. The molecule has 1 N–H and O–H groups in total. The third-order valence-electron chi connectivity index (χ3n) is 4.21. The topological polar surface area (TPSA) is 41.3 Å². The summed E-state index contributed by atoms with van der Waals surface area (Å²) < 4.78 is 2.27. The summed E-state index contributed by atoms with van der Waals surface area (Å²) >= 11 is 0. The van der Waals surface area contributed by atoms with E-state index < -0.39 is 0 Å². The number of fused-ring (bicyclic) bond motifs is 1. The molecule has 1 heterocycles. The second kappa shape index (κ2) is 7.05. The maximum absolute atomic E-state index is 9.17. The van der Waals surface area contributed by atoms with Gasteiger partial charge in [0, 0.05) is 13.2 Å². The largest absolute Gasteiger partial charge is 0.396 e. The van der Waals surface area contributed by atoms with Crippen molar-refractivity contribution in [3.63, 3.8) is 0 Å². The maximum Gasteiger partial charge on any atom is 0.127 e. The number of hydrogen-bond acceptors (Lipinski definition) is 3. The van der Waals surface area contributed by atoms with E-state index in [-0.39, 0.29) is 12.6 Å². The van der Waals surface area contributed by atoms with Gasteiger partial charge in [-0.25, -0.2) is 4.98 Å². The SMILES string of the molecule is CCN(CC)C(C)c1nc2cc(C)ccc2n1CCCO. The summed E-state index contributed by atoms with van der Waals surface area (Å²) in [6, 6.07) is 6.70. The number of aryl methyl sites for hydroxylation is 2. The second-order valence-electron chi connectivity index (χ2n) is 5.59. The molecule has 21 heavy (non-hydrogen) atoms. The monoisotopic (exact) mass is 289 g/mol. The van der Waals surface area contributed by atoms with Crippen molar-refractivity contribution in [1.82, 2.24) is 14.5 Å². The lowest BCUT2D eigenvalue weighted by Gasteiger charge is -2.26. The van der Waals surface area contributed by atoms with Crippen LogP contribution in [-0.2, 0) is 6.54 Å². The molecule has 0 aliphatic heterocycles. The Kier molecular flexibility index (Phi) is 5.37. The lowest BCUT2D eigenvalue weighted by atomic mass is 10.2. The molecule has 2 rings (SSSR count). The predicted octanol–water partition coefficient (Wildman–Crippen LogP) is 3.13. The van der Waals surface area contributed by atoms with Crippen molar-refractivity contribution in [2.24, 2.45) is 0 Å². The van der Waals surface area contributed by atoms with Crippen LogP contribution in [0.1, 0.15) is 44.6 Å². The molecule has 0 spiro atoms. The van der Waals surface area contributed by atoms with Gasteiger partial charge in [-0.05, 0) is 51.1 Å². The van der Waals surface area contributed by atoms with E-state index in [1.165, 1.54) is 11.1 Å². The van der Waals surface area contributed by atoms with E-state index in [1.54, 1.807) is 0 Å². The first kappa shape index (κ1) is 16.0. The van der Waals surface area contributed by atoms with Crippen molar-refractivity contribution in [2.75, 3.05) is 19.7 Å². The molecule has 2 aromatic rings. The molecule has 4 nitrogen and oxygen atoms in total. The summed E-state index contributed by atoms with van der Waals surface area (Å²) in [5, 5.41) is 9.17. The summed E-state index contributed by atoms with van der Waals surface area (Å²) in [6.45, 7) is 11.7. The van der Waals surface area contributed by atoms with Crippen LogP contribution in [0.4, 0.5) is 0 Å². The summed E-state index contributed by atoms with van der Waals surface area (Å²) in [6.07, 6.45) is 0.761. The fourth-order valence-electron chi connectivity index (χ4n) is 2.98. The van der Waals surface area contributed by atoms with Crippen molar-refractivity contribution in [2.45, 2.75) is 46.7 Å². The smallest absolute Gasteiger partial charge is 0.127 e. The van der Waals surface area contributed by atoms with Gasteiger partial charge < -0.3 is 9.67 Å². The zero-order valence-electron chi connectivity index (χ0n) is 13.6. The average molecular weight is 289 g/mol. The molecular formula is C17H27N3O. The molecule has 1 aromatic carbocycles. The van der Waals surface area contributed by atoms with Crippen LogP contribution in [0, 0.1) is 6.92 Å². The molecule has 0 amide bonds. The number of hydrogen-bond donors (Lipinski definition) is 1. The molecule has 1 atom stereocenters. The zero-order chi connectivity index (χ0) is 15.4. The Morgan fingerprint density at radius 3 is 2.62 bits per heavy atom. The van der Waals surface area contributed by atoms with E-state index in [4.69, 9.17) is 10.1 Å². The van der Waals surface area contributed by atoms with Crippen molar-refractivity contribution < 1.29 is 5.11 Å². The molecule has 0 saturated heterocycles. The Bertz CT molecular complexity index is 587. The van der Waals surface area contributed by atoms with Crippen LogP contribution in [0.3, 0.4) is 0 Å². The highest BCUT2D eigenvalue weighted by Crippen LogP contribution is 2.25. The Morgan fingerprint density at radius 1 is 1.29 bits per heavy atom. The summed E-state index contributed by atoms with van der Waals surface area (Å²) in [5.74, 6) is 1.10. The molecule has 0 aliphatic carbocycles. The van der Waals surface area contributed by atoms with E-state index in [9.17, 15) is 0 Å². The van der Waals surface area contributed by atoms with E-state index in [1.807, 2.05) is 0 Å². The van der Waals surface area contributed by atoms with Crippen LogP contribution in [0.5, 0.6) is 0 Å². The normalized spacial score (nSPS) is 13.2. The van der Waals surface area contributed by atoms with Gasteiger partial charge >= 0.3 is 0 Å². The molecule has 0 radical (unpaired) electrons. The number of aliphatic hydroxyl groups is 1. The van der Waals surface area contributed by atoms with Gasteiger partial charge in [0.25, 0.3) is 0 Å². The fraction of sp³-hybridized carbons (Fsp3) is 0.588. The number of aliphatic hydroxyl groups excluding tert-OH is 1. The van der Waals surface area contributed by atoms with Gasteiger partial charge in [-0.3, -0.25) is 4.90 Å². The number of imidazole rings is 1. The average Bonchev–Trinajstić information content (AvgIpc) is 2.83. The van der Waals surface area contributed by atoms with Gasteiger partial charge in [0.2, 0.25) is 0 Å². The molecule has 1 unspecified atom stereocenters. The Hall–Kier alpha value is -1.39. The molecule has 0 aliphatic rings. The standard InChI is InChI=1S/C17H27N3O/c1-5-19(6-2)14(4)17-18-15-12-13(3)8-9-16(15)20(17)10-7-11-21/h8-9,12,14,21H,5-7,10-11H2,1-4H3. The van der Waals surface area contributed by atoms with Gasteiger partial charge in [0.1, 0.15) is 5.82 Å². The van der Waals surface area contributed by atoms with Crippen molar-refractivity contribution >= 4 is 11.0 Å². The minimum Gasteiger partial charge on any atom is -0.396 e. The van der Waals surface area contributed by atoms with Crippen LogP contribution < -0.4 is 0 Å². The number of rotatable bonds is 7. The third-order valence-corrected chi connectivity index (χ3v) is 4.21. The van der Waals surface area contributed by atoms with Gasteiger partial charge in [0.05, 0.1) is 17.1 Å². The number of nitrogens with zero attached hydrogens (tertiary/aromatic N) is 3. The highest BCUT2D eigenvalue weighted by atomic mass is 16.3. The lowest BCUT2D eigenvalue weighted by molar-refractivity contribution is 0.219. The molecule has 0 saturated carbocycles. The van der Waals surface area contributed by atoms with Gasteiger partial charge in [-0.1, -0.05) is 19.9 Å². The van der Waals surface area contributed by atoms with Crippen molar-refractivity contribution in [1.29, 1.82) is 0 Å². The van der Waals surface area contributed by atoms with Crippen LogP contribution in [0.25, 0.3) is 11.0 Å². The first-order valence-corrected chi connectivity index (χ1v) is 7.94. The predicted molar refractivity (Wildman–Crippen MR) is 87.5 cm³/mol. The van der Waals surface area contributed by atoms with Crippen molar-refractivity contribution in [3.8, 4) is 0 Å². The van der Waals surface area contributed by atoms with Crippen molar-refractivity contribution in [3.05, 3.63) is 29.6 Å². The minimum absolute atomic E-state index is 0.213. The van der Waals surface area contributed by atoms with Crippen LogP contribution in [-0.4, -0.2) is 39.3 Å².